The fraction of sp³-hybridized carbons (Fsp3) is 0.172. The van der Waals surface area contributed by atoms with Crippen LogP contribution in [0.5, 0.6) is 11.5 Å². The van der Waals surface area contributed by atoms with E-state index in [2.05, 4.69) is 10.6 Å². The lowest BCUT2D eigenvalue weighted by Gasteiger charge is -2.13. The Hall–Kier alpha value is -4.35. The predicted molar refractivity (Wildman–Crippen MR) is 156 cm³/mol. The number of carbonyl (C=O) groups is 4. The maximum absolute atomic E-state index is 13.3. The van der Waals surface area contributed by atoms with E-state index in [1.54, 1.807) is 18.2 Å². The summed E-state index contributed by atoms with van der Waals surface area (Å²) in [5, 5.41) is 4.45. The molecule has 3 aromatic carbocycles. The summed E-state index contributed by atoms with van der Waals surface area (Å²) in [6.07, 6.45) is 2.39. The van der Waals surface area contributed by atoms with Crippen molar-refractivity contribution in [1.82, 2.24) is 4.90 Å². The number of rotatable bonds is 10. The van der Waals surface area contributed by atoms with Crippen LogP contribution in [0.2, 0.25) is 5.02 Å². The third kappa shape index (κ3) is 7.65. The van der Waals surface area contributed by atoms with Gasteiger partial charge in [0.05, 0.1) is 17.0 Å². The topological polar surface area (TPSA) is 114 Å². The fourth-order valence-electron chi connectivity index (χ4n) is 3.76. The van der Waals surface area contributed by atoms with E-state index >= 15 is 0 Å². The number of hydrogen-bond acceptors (Lipinski definition) is 7. The number of carbonyl (C=O) groups excluding carboxylic acids is 4. The van der Waals surface area contributed by atoms with E-state index in [0.29, 0.717) is 34.5 Å². The van der Waals surface area contributed by atoms with E-state index in [1.807, 2.05) is 31.2 Å². The number of aryl methyl sites for hydroxylation is 1. The van der Waals surface area contributed by atoms with Gasteiger partial charge in [0.1, 0.15) is 12.4 Å². The lowest BCUT2D eigenvalue weighted by atomic mass is 10.1. The van der Waals surface area contributed by atoms with Gasteiger partial charge in [-0.1, -0.05) is 36.7 Å². The molecule has 1 aliphatic heterocycles. The Labute approximate surface area is 244 Å². The molecule has 1 aliphatic rings. The minimum atomic E-state index is -0.651. The number of benzene rings is 3. The number of hydrogen-bond donors (Lipinski definition) is 2. The van der Waals surface area contributed by atoms with Gasteiger partial charge in [-0.05, 0) is 77.9 Å². The van der Waals surface area contributed by atoms with E-state index in [9.17, 15) is 23.6 Å². The van der Waals surface area contributed by atoms with Crippen molar-refractivity contribution in [2.24, 2.45) is 0 Å². The van der Waals surface area contributed by atoms with Crippen LogP contribution in [0, 0.1) is 5.82 Å². The van der Waals surface area contributed by atoms with Gasteiger partial charge in [0.15, 0.2) is 18.1 Å². The average molecular weight is 598 g/mol. The van der Waals surface area contributed by atoms with Gasteiger partial charge in [-0.2, -0.15) is 0 Å². The highest BCUT2D eigenvalue weighted by Crippen LogP contribution is 2.34. The molecule has 1 heterocycles. The van der Waals surface area contributed by atoms with Crippen LogP contribution in [0.1, 0.15) is 18.1 Å². The van der Waals surface area contributed by atoms with Crippen molar-refractivity contribution >= 4 is 63.8 Å². The van der Waals surface area contributed by atoms with Crippen LogP contribution in [-0.2, 0) is 20.8 Å². The van der Waals surface area contributed by atoms with Gasteiger partial charge in [0.25, 0.3) is 17.1 Å². The number of methoxy groups -OCH3 is 1. The molecule has 41 heavy (non-hydrogen) atoms. The molecule has 0 atom stereocenters. The smallest absolute Gasteiger partial charge is 0.294 e. The molecule has 0 aliphatic carbocycles. The van der Waals surface area contributed by atoms with Gasteiger partial charge in [0, 0.05) is 11.4 Å². The van der Waals surface area contributed by atoms with Crippen LogP contribution in [0.25, 0.3) is 6.08 Å². The van der Waals surface area contributed by atoms with Gasteiger partial charge in [-0.3, -0.25) is 24.1 Å². The maximum Gasteiger partial charge on any atom is 0.294 e. The average Bonchev–Trinajstić information content (AvgIpc) is 3.21. The number of imide groups is 1. The SMILES string of the molecule is CCc1ccc(NC(=O)COc2ccc(/C=C3\SC(=O)N(CC(=O)Nc4ccc(F)c(Cl)c4)C3=O)cc2OC)cc1. The number of nitrogens with zero attached hydrogens (tertiary/aromatic N) is 1. The number of anilines is 2. The van der Waals surface area contributed by atoms with Crippen molar-refractivity contribution in [2.45, 2.75) is 13.3 Å². The highest BCUT2D eigenvalue weighted by Gasteiger charge is 2.36. The molecular weight excluding hydrogens is 573 g/mol. The van der Waals surface area contributed by atoms with Gasteiger partial charge in [-0.15, -0.1) is 0 Å². The summed E-state index contributed by atoms with van der Waals surface area (Å²) < 4.78 is 24.3. The third-order valence-corrected chi connectivity index (χ3v) is 7.07. The van der Waals surface area contributed by atoms with E-state index in [1.165, 1.54) is 25.3 Å². The summed E-state index contributed by atoms with van der Waals surface area (Å²) >= 11 is 6.41. The molecule has 0 bridgehead atoms. The van der Waals surface area contributed by atoms with Crippen molar-refractivity contribution in [3.63, 3.8) is 0 Å². The number of halogens is 2. The molecule has 0 aromatic heterocycles. The molecule has 0 radical (unpaired) electrons. The Balaban J connectivity index is 1.36. The second-order valence-electron chi connectivity index (χ2n) is 8.74. The number of amides is 4. The predicted octanol–water partition coefficient (Wildman–Crippen LogP) is 5.74. The van der Waals surface area contributed by atoms with Crippen LogP contribution >= 0.6 is 23.4 Å². The quantitative estimate of drug-likeness (QED) is 0.286. The summed E-state index contributed by atoms with van der Waals surface area (Å²) in [6, 6.07) is 16.0. The molecule has 3 aromatic rings. The van der Waals surface area contributed by atoms with Gasteiger partial charge in [-0.25, -0.2) is 4.39 Å². The molecule has 1 fully saturated rings. The zero-order valence-corrected chi connectivity index (χ0v) is 23.6. The first kappa shape index (κ1) is 29.6. The number of nitrogens with one attached hydrogen (secondary N) is 2. The van der Waals surface area contributed by atoms with Crippen molar-refractivity contribution in [1.29, 1.82) is 0 Å². The fourth-order valence-corrected chi connectivity index (χ4v) is 4.78. The van der Waals surface area contributed by atoms with E-state index < -0.39 is 29.4 Å². The van der Waals surface area contributed by atoms with E-state index in [0.717, 1.165) is 23.0 Å². The molecule has 0 unspecified atom stereocenters. The molecule has 4 rings (SSSR count). The third-order valence-electron chi connectivity index (χ3n) is 5.87. The molecule has 2 N–H and O–H groups in total. The second-order valence-corrected chi connectivity index (χ2v) is 10.1. The lowest BCUT2D eigenvalue weighted by molar-refractivity contribution is -0.127. The van der Waals surface area contributed by atoms with Crippen LogP contribution in [0.15, 0.2) is 65.6 Å². The first-order valence-corrected chi connectivity index (χ1v) is 13.6. The van der Waals surface area contributed by atoms with Crippen LogP contribution in [0.4, 0.5) is 20.6 Å². The zero-order chi connectivity index (χ0) is 29.5. The zero-order valence-electron chi connectivity index (χ0n) is 22.0. The van der Waals surface area contributed by atoms with Crippen molar-refractivity contribution in [3.8, 4) is 11.5 Å². The van der Waals surface area contributed by atoms with Crippen molar-refractivity contribution in [3.05, 3.63) is 87.5 Å². The summed E-state index contributed by atoms with van der Waals surface area (Å²) in [7, 11) is 1.43. The summed E-state index contributed by atoms with van der Waals surface area (Å²) in [6.45, 7) is 1.26. The number of ether oxygens (including phenoxy) is 2. The Morgan fingerprint density at radius 2 is 1.68 bits per heavy atom. The Morgan fingerprint density at radius 1 is 0.976 bits per heavy atom. The van der Waals surface area contributed by atoms with Crippen LogP contribution < -0.4 is 20.1 Å². The molecule has 4 amide bonds. The summed E-state index contributed by atoms with van der Waals surface area (Å²) in [5.74, 6) is -1.66. The summed E-state index contributed by atoms with van der Waals surface area (Å²) in [5.41, 5.74) is 2.57. The van der Waals surface area contributed by atoms with Crippen molar-refractivity contribution in [2.75, 3.05) is 30.9 Å². The van der Waals surface area contributed by atoms with Gasteiger partial charge >= 0.3 is 0 Å². The Kier molecular flexibility index (Phi) is 9.64. The minimum Gasteiger partial charge on any atom is -0.493 e. The largest absolute Gasteiger partial charge is 0.493 e. The van der Waals surface area contributed by atoms with Crippen molar-refractivity contribution < 1.29 is 33.0 Å². The first-order chi connectivity index (χ1) is 19.7. The van der Waals surface area contributed by atoms with Crippen LogP contribution in [-0.4, -0.2) is 48.1 Å². The van der Waals surface area contributed by atoms with E-state index in [4.69, 9.17) is 21.1 Å². The maximum atomic E-state index is 13.3. The Morgan fingerprint density at radius 3 is 2.37 bits per heavy atom. The normalized spacial score (nSPS) is 13.9. The highest BCUT2D eigenvalue weighted by atomic mass is 35.5. The summed E-state index contributed by atoms with van der Waals surface area (Å²) in [4.78, 5) is 51.0. The second kappa shape index (κ2) is 13.3. The lowest BCUT2D eigenvalue weighted by Crippen LogP contribution is -2.36. The molecule has 0 spiro atoms. The monoisotopic (exact) mass is 597 g/mol. The molecule has 0 saturated carbocycles. The molecule has 212 valence electrons. The Bertz CT molecular complexity index is 1530. The van der Waals surface area contributed by atoms with Gasteiger partial charge in [0.2, 0.25) is 5.91 Å². The molecule has 9 nitrogen and oxygen atoms in total. The van der Waals surface area contributed by atoms with Gasteiger partial charge < -0.3 is 20.1 Å². The minimum absolute atomic E-state index is 0.108. The van der Waals surface area contributed by atoms with Crippen LogP contribution in [0.3, 0.4) is 0 Å². The highest BCUT2D eigenvalue weighted by molar-refractivity contribution is 8.18. The number of thioether (sulfide) groups is 1. The first-order valence-electron chi connectivity index (χ1n) is 12.4. The van der Waals surface area contributed by atoms with E-state index in [-0.39, 0.29) is 28.1 Å². The molecule has 12 heteroatoms. The molecule has 1 saturated heterocycles. The standard InChI is InChI=1S/C29H25ClFN3O6S/c1-3-17-4-7-19(8-5-17)32-27(36)16-40-23-11-6-18(12-24(23)39-2)13-25-28(37)34(29(38)41-25)15-26(35)33-20-9-10-22(31)21(30)14-20/h4-14H,3,15-16H2,1-2H3,(H,32,36)(H,33,35)/b25-13-. The molecular formula is C29H25ClFN3O6S.